The summed E-state index contributed by atoms with van der Waals surface area (Å²) in [5.74, 6) is -0.363. The normalized spacial score (nSPS) is 24.9. The Kier molecular flexibility index (Phi) is 3.23. The van der Waals surface area contributed by atoms with Gasteiger partial charge in [-0.05, 0) is 37.5 Å². The van der Waals surface area contributed by atoms with Crippen molar-refractivity contribution < 1.29 is 9.31 Å². The van der Waals surface area contributed by atoms with E-state index >= 15 is 0 Å². The molecule has 0 amide bonds. The summed E-state index contributed by atoms with van der Waals surface area (Å²) in [5.41, 5.74) is 0.762. The summed E-state index contributed by atoms with van der Waals surface area (Å²) in [6.45, 7) is 2.04. The highest BCUT2D eigenvalue weighted by Gasteiger charge is 2.43. The number of nitro groups is 1. The number of halogens is 1. The van der Waals surface area contributed by atoms with Crippen LogP contribution in [0.25, 0.3) is 0 Å². The first-order valence-electron chi connectivity index (χ1n) is 7.52. The first-order chi connectivity index (χ1) is 11.1. The molecule has 1 aromatic carbocycles. The van der Waals surface area contributed by atoms with Crippen LogP contribution in [0.2, 0.25) is 0 Å². The van der Waals surface area contributed by atoms with Gasteiger partial charge in [0.05, 0.1) is 22.2 Å². The van der Waals surface area contributed by atoms with E-state index in [1.165, 1.54) is 17.0 Å². The van der Waals surface area contributed by atoms with Gasteiger partial charge in [0.25, 0.3) is 5.69 Å². The average molecular weight is 330 g/mol. The van der Waals surface area contributed by atoms with Crippen LogP contribution in [0.5, 0.6) is 0 Å². The molecular formula is C17H15FN2O2S. The monoisotopic (exact) mass is 330 g/mol. The maximum atomic E-state index is 14.4. The van der Waals surface area contributed by atoms with Crippen molar-refractivity contribution in [1.29, 1.82) is 0 Å². The first kappa shape index (κ1) is 14.4. The summed E-state index contributed by atoms with van der Waals surface area (Å²) in [5, 5.41) is 14.6. The fourth-order valence-electron chi connectivity index (χ4n) is 3.72. The van der Waals surface area contributed by atoms with Crippen LogP contribution in [0.15, 0.2) is 36.4 Å². The topological polar surface area (TPSA) is 55.2 Å². The highest BCUT2D eigenvalue weighted by molar-refractivity contribution is 7.12. The van der Waals surface area contributed by atoms with Crippen LogP contribution < -0.4 is 5.32 Å². The Hall–Kier alpha value is -2.21. The van der Waals surface area contributed by atoms with Crippen LogP contribution >= 0.6 is 11.3 Å². The number of hydrogen-bond donors (Lipinski definition) is 1. The van der Waals surface area contributed by atoms with Gasteiger partial charge in [0.15, 0.2) is 0 Å². The summed E-state index contributed by atoms with van der Waals surface area (Å²) >= 11 is 1.69. The van der Waals surface area contributed by atoms with Gasteiger partial charge in [0.1, 0.15) is 5.82 Å². The lowest BCUT2D eigenvalue weighted by atomic mass is 9.78. The van der Waals surface area contributed by atoms with Crippen molar-refractivity contribution >= 4 is 22.7 Å². The zero-order valence-corrected chi connectivity index (χ0v) is 13.3. The van der Waals surface area contributed by atoms with E-state index in [4.69, 9.17) is 0 Å². The second-order valence-corrected chi connectivity index (χ2v) is 7.36. The smallest absolute Gasteiger partial charge is 0.275 e. The van der Waals surface area contributed by atoms with Gasteiger partial charge < -0.3 is 5.32 Å². The second kappa shape index (κ2) is 5.16. The molecule has 0 bridgehead atoms. The number of nitro benzene ring substituents is 1. The number of nitrogens with one attached hydrogen (secondary N) is 1. The second-order valence-electron chi connectivity index (χ2n) is 6.04. The lowest BCUT2D eigenvalue weighted by Crippen LogP contribution is -2.29. The summed E-state index contributed by atoms with van der Waals surface area (Å²) in [4.78, 5) is 13.3. The minimum atomic E-state index is -0.428. The molecule has 0 radical (unpaired) electrons. The Morgan fingerprint density at radius 1 is 1.35 bits per heavy atom. The molecule has 1 aliphatic heterocycles. The van der Waals surface area contributed by atoms with E-state index in [0.717, 1.165) is 11.3 Å². The largest absolute Gasteiger partial charge is 0.374 e. The van der Waals surface area contributed by atoms with Gasteiger partial charge in [0, 0.05) is 21.7 Å². The maximum absolute atomic E-state index is 14.4. The van der Waals surface area contributed by atoms with E-state index in [9.17, 15) is 14.5 Å². The predicted octanol–water partition coefficient (Wildman–Crippen LogP) is 4.93. The van der Waals surface area contributed by atoms with Crippen molar-refractivity contribution in [3.63, 3.8) is 0 Å². The van der Waals surface area contributed by atoms with Gasteiger partial charge in [0.2, 0.25) is 0 Å². The molecule has 0 fully saturated rings. The molecule has 1 N–H and O–H groups in total. The Bertz CT molecular complexity index is 830. The quantitative estimate of drug-likeness (QED) is 0.482. The summed E-state index contributed by atoms with van der Waals surface area (Å²) in [6, 6.07) is 6.55. The molecule has 0 spiro atoms. The molecule has 118 valence electrons. The molecule has 23 heavy (non-hydrogen) atoms. The van der Waals surface area contributed by atoms with Crippen LogP contribution in [0.3, 0.4) is 0 Å². The van der Waals surface area contributed by atoms with Gasteiger partial charge >= 0.3 is 0 Å². The van der Waals surface area contributed by atoms with Gasteiger partial charge in [-0.25, -0.2) is 4.39 Å². The van der Waals surface area contributed by atoms with E-state index in [2.05, 4.69) is 17.4 Å². The van der Waals surface area contributed by atoms with Crippen LogP contribution in [-0.4, -0.2) is 4.92 Å². The van der Waals surface area contributed by atoms with Crippen molar-refractivity contribution in [2.45, 2.75) is 25.3 Å². The molecule has 3 atom stereocenters. The van der Waals surface area contributed by atoms with E-state index in [1.54, 1.807) is 11.3 Å². The molecule has 1 aromatic heterocycles. The lowest BCUT2D eigenvalue weighted by Gasteiger charge is -2.36. The van der Waals surface area contributed by atoms with Crippen LogP contribution in [0, 0.1) is 28.8 Å². The van der Waals surface area contributed by atoms with Gasteiger partial charge in [-0.3, -0.25) is 10.1 Å². The van der Waals surface area contributed by atoms with Crippen molar-refractivity contribution in [1.82, 2.24) is 0 Å². The number of hydrogen-bond acceptors (Lipinski definition) is 4. The van der Waals surface area contributed by atoms with E-state index in [1.807, 2.05) is 19.1 Å². The highest BCUT2D eigenvalue weighted by Crippen LogP contribution is 2.53. The minimum absolute atomic E-state index is 0.00346. The molecule has 4 nitrogen and oxygen atoms in total. The first-order valence-corrected chi connectivity index (χ1v) is 8.34. The number of benzene rings is 1. The van der Waals surface area contributed by atoms with Gasteiger partial charge in [-0.15, -0.1) is 11.3 Å². The third-order valence-electron chi connectivity index (χ3n) is 4.71. The Labute approximate surface area is 136 Å². The fourth-order valence-corrected chi connectivity index (χ4v) is 4.72. The third-order valence-corrected chi connectivity index (χ3v) is 5.79. The summed E-state index contributed by atoms with van der Waals surface area (Å²) in [6.07, 6.45) is 4.88. The molecular weight excluding hydrogens is 315 g/mol. The third kappa shape index (κ3) is 2.16. The van der Waals surface area contributed by atoms with Gasteiger partial charge in [-0.2, -0.15) is 0 Å². The van der Waals surface area contributed by atoms with Gasteiger partial charge in [-0.1, -0.05) is 12.2 Å². The Morgan fingerprint density at radius 3 is 2.87 bits per heavy atom. The number of allylic oxidation sites excluding steroid dienone is 2. The zero-order chi connectivity index (χ0) is 16.1. The van der Waals surface area contributed by atoms with E-state index in [0.29, 0.717) is 5.56 Å². The summed E-state index contributed by atoms with van der Waals surface area (Å²) in [7, 11) is 0. The van der Waals surface area contributed by atoms with Crippen molar-refractivity contribution in [2.75, 3.05) is 5.32 Å². The van der Waals surface area contributed by atoms with Crippen molar-refractivity contribution in [3.8, 4) is 0 Å². The summed E-state index contributed by atoms with van der Waals surface area (Å²) < 4.78 is 14.4. The molecule has 2 aromatic rings. The number of fused-ring (bicyclic) bond motifs is 3. The lowest BCUT2D eigenvalue weighted by molar-refractivity contribution is -0.385. The molecule has 3 unspecified atom stereocenters. The molecule has 2 heterocycles. The zero-order valence-electron chi connectivity index (χ0n) is 12.5. The van der Waals surface area contributed by atoms with Crippen LogP contribution in [-0.2, 0) is 0 Å². The molecule has 0 saturated carbocycles. The molecule has 6 heteroatoms. The number of nitrogens with zero attached hydrogens (tertiary/aromatic N) is 1. The Morgan fingerprint density at radius 2 is 2.17 bits per heavy atom. The van der Waals surface area contributed by atoms with E-state index in [-0.39, 0.29) is 29.3 Å². The molecule has 0 saturated heterocycles. The number of rotatable bonds is 2. The number of thiophene rings is 1. The Balaban J connectivity index is 1.88. The minimum Gasteiger partial charge on any atom is -0.374 e. The molecule has 4 rings (SSSR count). The average Bonchev–Trinajstić information content (AvgIpc) is 3.15. The SMILES string of the molecule is Cc1ccc(C2Nc3c(F)ccc([N+](=O)[O-])c3C3C=CCC32)s1. The highest BCUT2D eigenvalue weighted by atomic mass is 32.1. The number of anilines is 1. The number of aryl methyl sites for hydroxylation is 1. The molecule has 2 aliphatic rings. The molecule has 1 aliphatic carbocycles. The van der Waals surface area contributed by atoms with Crippen molar-refractivity contribution in [3.05, 3.63) is 67.7 Å². The van der Waals surface area contributed by atoms with Crippen LogP contribution in [0.4, 0.5) is 15.8 Å². The van der Waals surface area contributed by atoms with Crippen LogP contribution in [0.1, 0.15) is 33.7 Å². The maximum Gasteiger partial charge on any atom is 0.275 e. The fraction of sp³-hybridized carbons (Fsp3) is 0.294. The van der Waals surface area contributed by atoms with E-state index < -0.39 is 10.7 Å². The standard InChI is InChI=1S/C17H15FN2O2S/c1-9-5-8-14(23-9)16-11-4-2-3-10(11)15-13(20(21)22)7-6-12(18)17(15)19-16/h2-3,5-8,10-11,16,19H,4H2,1H3. The van der Waals surface area contributed by atoms with Crippen molar-refractivity contribution in [2.24, 2.45) is 5.92 Å². The predicted molar refractivity (Wildman–Crippen MR) is 88.5 cm³/mol.